The molecule has 0 saturated carbocycles. The Morgan fingerprint density at radius 2 is 0.577 bits per heavy atom. The molecule has 0 bridgehead atoms. The first-order valence-corrected chi connectivity index (χ1v) is 23.8. The van der Waals surface area contributed by atoms with Crippen molar-refractivity contribution in [3.63, 3.8) is 0 Å². The molecule has 0 fully saturated rings. The third-order valence-electron chi connectivity index (χ3n) is 12.3. The highest BCUT2D eigenvalue weighted by Gasteiger charge is 2.19. The molecule has 13 nitrogen and oxygen atoms in total. The molecule has 0 aliphatic rings. The summed E-state index contributed by atoms with van der Waals surface area (Å²) in [5.74, 6) is -5.36. The van der Waals surface area contributed by atoms with Crippen molar-refractivity contribution in [3.05, 3.63) is 252 Å². The van der Waals surface area contributed by atoms with Crippen molar-refractivity contribution >= 4 is 88.5 Å². The molecular weight excluding hydrogens is 979 g/mol. The van der Waals surface area contributed by atoms with Crippen LogP contribution < -0.4 is 4.90 Å². The van der Waals surface area contributed by atoms with Crippen molar-refractivity contribution in [2.75, 3.05) is 4.90 Å². The van der Waals surface area contributed by atoms with Gasteiger partial charge >= 0.3 is 23.9 Å². The Bertz CT molecular complexity index is 3450. The van der Waals surface area contributed by atoms with Crippen LogP contribution in [0.1, 0.15) is 72.3 Å². The Morgan fingerprint density at radius 1 is 0.359 bits per heavy atom. The minimum atomic E-state index is -1.34. The Kier molecular flexibility index (Phi) is 17.1. The van der Waals surface area contributed by atoms with E-state index in [0.717, 1.165) is 78.3 Å². The van der Waals surface area contributed by atoms with Crippen LogP contribution in [0.2, 0.25) is 0 Å². The van der Waals surface area contributed by atoms with E-state index in [1.54, 1.807) is 72.8 Å². The van der Waals surface area contributed by atoms with E-state index >= 15 is 0 Å². The maximum absolute atomic E-state index is 11.6. The number of benzene rings is 7. The van der Waals surface area contributed by atoms with E-state index in [9.17, 15) is 60.7 Å². The summed E-state index contributed by atoms with van der Waals surface area (Å²) in [5, 5.41) is 75.1. The van der Waals surface area contributed by atoms with E-state index in [1.165, 1.54) is 24.3 Å². The molecule has 0 spiro atoms. The lowest BCUT2D eigenvalue weighted by Crippen LogP contribution is -2.13. The predicted octanol–water partition coefficient (Wildman–Crippen LogP) is 13.2. The molecule has 0 saturated heterocycles. The smallest absolute Gasteiger partial charge is 0.346 e. The first-order valence-electron chi connectivity index (χ1n) is 23.8. The number of nitrogens with zero attached hydrogens (tertiary/aromatic N) is 5. The quantitative estimate of drug-likeness (QED) is 0.0377. The Balaban J connectivity index is 1.31. The average molecular weight is 1020 g/mol. The fourth-order valence-electron chi connectivity index (χ4n) is 8.64. The first kappa shape index (κ1) is 54.4. The van der Waals surface area contributed by atoms with Crippen molar-refractivity contribution < 1.29 is 39.6 Å². The standard InChI is InChI=1S/C65H45N5O8/c1-40-28-41(2)61(42(3)29-40)70(57-24-12-47(13-25-57)34-59(49-16-4-43(5-17-49)30-53(36-66)62(71)72)50-18-6-44(7-19-50)31-54(37-67)63(73)74)58-26-14-48(15-27-58)35-60(51-20-8-45(9-21-51)32-55(38-68)64(75)76)52-22-10-46(11-23-52)33-56(39-69)65(77)78/h4-35H,1-3H3,(H,71,72)(H,73,74)(H,75,76)(H,77,78)/b53-30+,54-31+,55-32+,56-33+. The number of aliphatic carboxylic acids is 4. The van der Waals surface area contributed by atoms with Gasteiger partial charge < -0.3 is 25.3 Å². The monoisotopic (exact) mass is 1020 g/mol. The lowest BCUT2D eigenvalue weighted by molar-refractivity contribution is -0.133. The van der Waals surface area contributed by atoms with Crippen LogP contribution >= 0.6 is 0 Å². The van der Waals surface area contributed by atoms with Gasteiger partial charge in [-0.25, -0.2) is 19.2 Å². The molecule has 78 heavy (non-hydrogen) atoms. The van der Waals surface area contributed by atoms with Gasteiger partial charge in [-0.1, -0.05) is 139 Å². The number of rotatable bonds is 17. The van der Waals surface area contributed by atoms with Crippen LogP contribution in [-0.4, -0.2) is 44.3 Å². The molecule has 0 amide bonds. The van der Waals surface area contributed by atoms with Crippen molar-refractivity contribution in [1.29, 1.82) is 21.0 Å². The van der Waals surface area contributed by atoms with Crippen LogP contribution in [0.4, 0.5) is 17.1 Å². The van der Waals surface area contributed by atoms with Gasteiger partial charge in [-0.3, -0.25) is 0 Å². The van der Waals surface area contributed by atoms with E-state index in [4.69, 9.17) is 0 Å². The lowest BCUT2D eigenvalue weighted by Gasteiger charge is -2.29. The summed E-state index contributed by atoms with van der Waals surface area (Å²) >= 11 is 0. The van der Waals surface area contributed by atoms with Crippen LogP contribution in [0, 0.1) is 66.1 Å². The zero-order chi connectivity index (χ0) is 56.0. The Morgan fingerprint density at radius 3 is 0.795 bits per heavy atom. The Labute approximate surface area is 449 Å². The molecule has 4 N–H and O–H groups in total. The minimum absolute atomic E-state index is 0.413. The summed E-state index contributed by atoms with van der Waals surface area (Å²) < 4.78 is 0. The second kappa shape index (κ2) is 24.6. The lowest BCUT2D eigenvalue weighted by atomic mass is 9.93. The van der Waals surface area contributed by atoms with Gasteiger partial charge in [0, 0.05) is 11.4 Å². The number of nitriles is 4. The molecular formula is C65H45N5O8. The van der Waals surface area contributed by atoms with E-state index in [0.29, 0.717) is 22.3 Å². The fraction of sp³-hybridized carbons (Fsp3) is 0.0462. The predicted molar refractivity (Wildman–Crippen MR) is 300 cm³/mol. The highest BCUT2D eigenvalue weighted by molar-refractivity contribution is 6.00. The van der Waals surface area contributed by atoms with Crippen LogP contribution in [0.5, 0.6) is 0 Å². The van der Waals surface area contributed by atoms with Crippen LogP contribution in [-0.2, 0) is 19.2 Å². The number of carboxylic acids is 4. The summed E-state index contributed by atoms with van der Waals surface area (Å²) in [5.41, 5.74) is 12.5. The molecule has 0 aromatic heterocycles. The highest BCUT2D eigenvalue weighted by Crippen LogP contribution is 2.40. The number of carbonyl (C=O) groups is 4. The van der Waals surface area contributed by atoms with Gasteiger partial charge in [0.15, 0.2) is 0 Å². The third-order valence-corrected chi connectivity index (χ3v) is 12.3. The normalized spacial score (nSPS) is 11.4. The number of aryl methyl sites for hydroxylation is 3. The van der Waals surface area contributed by atoms with Gasteiger partial charge in [-0.2, -0.15) is 21.0 Å². The second-order valence-corrected chi connectivity index (χ2v) is 17.8. The van der Waals surface area contributed by atoms with Crippen molar-refractivity contribution in [2.45, 2.75) is 20.8 Å². The SMILES string of the molecule is Cc1cc(C)c(N(c2ccc(C=C(c3ccc(/C=C(\C#N)C(=O)O)cc3)c3ccc(/C=C(\C#N)C(=O)O)cc3)cc2)c2ccc(C=C(c3ccc(/C=C(\C#N)C(=O)O)cc3)c3ccc(/C=C(\C#N)C(=O)O)cc3)cc2)c(C)c1. The zero-order valence-electron chi connectivity index (χ0n) is 42.1. The van der Waals surface area contributed by atoms with E-state index < -0.39 is 46.2 Å². The maximum atomic E-state index is 11.6. The molecule has 13 heteroatoms. The van der Waals surface area contributed by atoms with Gasteiger partial charge in [0.1, 0.15) is 46.6 Å². The number of hydrogen-bond donors (Lipinski definition) is 4. The molecule has 0 aliphatic heterocycles. The van der Waals surface area contributed by atoms with Crippen LogP contribution in [0.3, 0.4) is 0 Å². The minimum Gasteiger partial charge on any atom is -0.477 e. The summed E-state index contributed by atoms with van der Waals surface area (Å²) in [4.78, 5) is 48.4. The van der Waals surface area contributed by atoms with E-state index in [-0.39, 0.29) is 0 Å². The summed E-state index contributed by atoms with van der Waals surface area (Å²) in [6, 6.07) is 55.3. The maximum Gasteiger partial charge on any atom is 0.346 e. The van der Waals surface area contributed by atoms with Gasteiger partial charge in [0.2, 0.25) is 0 Å². The zero-order valence-corrected chi connectivity index (χ0v) is 42.1. The highest BCUT2D eigenvalue weighted by atomic mass is 16.4. The third kappa shape index (κ3) is 13.2. The summed E-state index contributed by atoms with van der Waals surface area (Å²) in [6.07, 6.45) is 9.14. The molecule has 378 valence electrons. The summed E-state index contributed by atoms with van der Waals surface area (Å²) in [7, 11) is 0. The van der Waals surface area contributed by atoms with Crippen LogP contribution in [0.15, 0.2) is 180 Å². The Hall–Kier alpha value is -11.4. The number of hydrogen-bond acceptors (Lipinski definition) is 9. The van der Waals surface area contributed by atoms with E-state index in [1.807, 2.05) is 116 Å². The molecule has 0 radical (unpaired) electrons. The molecule has 7 rings (SSSR count). The molecule has 7 aromatic carbocycles. The molecule has 0 heterocycles. The number of anilines is 3. The average Bonchev–Trinajstić information content (AvgIpc) is 3.44. The van der Waals surface area contributed by atoms with Gasteiger partial charge in [-0.05, 0) is 159 Å². The van der Waals surface area contributed by atoms with Gasteiger partial charge in [-0.15, -0.1) is 0 Å². The topological polar surface area (TPSA) is 248 Å². The first-order chi connectivity index (χ1) is 37.5. The molecule has 0 atom stereocenters. The molecule has 7 aromatic rings. The summed E-state index contributed by atoms with van der Waals surface area (Å²) in [6.45, 7) is 6.18. The van der Waals surface area contributed by atoms with Crippen molar-refractivity contribution in [3.8, 4) is 24.3 Å². The van der Waals surface area contributed by atoms with Crippen molar-refractivity contribution in [1.82, 2.24) is 0 Å². The van der Waals surface area contributed by atoms with Crippen molar-refractivity contribution in [2.24, 2.45) is 0 Å². The van der Waals surface area contributed by atoms with E-state index in [2.05, 4.69) is 30.9 Å². The molecule has 0 aliphatic carbocycles. The number of carboxylic acid groups (broad SMARTS) is 4. The molecule has 0 unspecified atom stereocenters. The van der Waals surface area contributed by atoms with Crippen LogP contribution in [0.25, 0.3) is 47.6 Å². The largest absolute Gasteiger partial charge is 0.477 e. The van der Waals surface area contributed by atoms with Gasteiger partial charge in [0.25, 0.3) is 0 Å². The second-order valence-electron chi connectivity index (χ2n) is 17.8. The fourth-order valence-corrected chi connectivity index (χ4v) is 8.64. The van der Waals surface area contributed by atoms with Gasteiger partial charge in [0.05, 0.1) is 5.69 Å².